The minimum atomic E-state index is -1.54. The van der Waals surface area contributed by atoms with Crippen LogP contribution in [0.1, 0.15) is 75.3 Å². The lowest BCUT2D eigenvalue weighted by atomic mass is 9.86. The molecule has 0 bridgehead atoms. The fraction of sp³-hybridized carbons (Fsp3) is 0.643. The summed E-state index contributed by atoms with van der Waals surface area (Å²) in [5, 5.41) is 47.4. The number of H-pyrrole nitrogens is 1. The van der Waals surface area contributed by atoms with Gasteiger partial charge in [-0.05, 0) is 55.4 Å². The number of aliphatic hydroxyl groups is 4. The van der Waals surface area contributed by atoms with Crippen LogP contribution in [0, 0.1) is 12.3 Å². The molecule has 1 amide bonds. The number of nitrogens with two attached hydrogens (primary N) is 1. The first-order chi connectivity index (χ1) is 18.4. The van der Waals surface area contributed by atoms with Crippen LogP contribution in [-0.2, 0) is 16.0 Å². The molecule has 1 aliphatic rings. The molecule has 1 saturated heterocycles. The second kappa shape index (κ2) is 13.1. The molecule has 1 aromatic heterocycles. The van der Waals surface area contributed by atoms with Gasteiger partial charge in [-0.2, -0.15) is 0 Å². The van der Waals surface area contributed by atoms with Crippen molar-refractivity contribution < 1.29 is 39.4 Å². The lowest BCUT2D eigenvalue weighted by Crippen LogP contribution is -2.60. The van der Waals surface area contributed by atoms with Gasteiger partial charge in [-0.1, -0.05) is 33.8 Å². The van der Waals surface area contributed by atoms with E-state index < -0.39 is 42.7 Å². The number of nitrogens with one attached hydrogen (secondary N) is 1. The SMILES string of the molecule is Cc1cc(OCCCCC(C)(C)C(N)=O)ccc1Cc1c(O[C@@H]2O[C@H](CO)[C@@H](O)[C@H](O)[C@H]2O)n[nH]c1C(C)C. The van der Waals surface area contributed by atoms with Gasteiger partial charge in [0.05, 0.1) is 13.2 Å². The maximum absolute atomic E-state index is 11.5. The van der Waals surface area contributed by atoms with Crippen LogP contribution >= 0.6 is 0 Å². The molecule has 218 valence electrons. The molecule has 0 spiro atoms. The fourth-order valence-electron chi connectivity index (χ4n) is 4.51. The predicted octanol–water partition coefficient (Wildman–Crippen LogP) is 1.67. The van der Waals surface area contributed by atoms with Gasteiger partial charge in [0.1, 0.15) is 30.2 Å². The van der Waals surface area contributed by atoms with Gasteiger partial charge in [0, 0.05) is 23.1 Å². The van der Waals surface area contributed by atoms with E-state index in [-0.39, 0.29) is 17.7 Å². The van der Waals surface area contributed by atoms with Crippen LogP contribution in [0.25, 0.3) is 0 Å². The Hall–Kier alpha value is -2.70. The smallest absolute Gasteiger partial charge is 0.238 e. The molecule has 2 aromatic rings. The Kier molecular flexibility index (Phi) is 10.4. The van der Waals surface area contributed by atoms with Gasteiger partial charge in [0.15, 0.2) is 0 Å². The second-order valence-corrected chi connectivity index (χ2v) is 11.2. The number of carbonyl (C=O) groups is 1. The van der Waals surface area contributed by atoms with Crippen molar-refractivity contribution in [3.63, 3.8) is 0 Å². The number of hydrogen-bond acceptors (Lipinski definition) is 9. The Balaban J connectivity index is 1.68. The highest BCUT2D eigenvalue weighted by Crippen LogP contribution is 2.32. The van der Waals surface area contributed by atoms with Gasteiger partial charge in [-0.3, -0.25) is 9.89 Å². The number of nitrogens with zero attached hydrogens (tertiary/aromatic N) is 1. The minimum Gasteiger partial charge on any atom is -0.494 e. The summed E-state index contributed by atoms with van der Waals surface area (Å²) in [5.41, 5.74) is 8.57. The van der Waals surface area contributed by atoms with Crippen molar-refractivity contribution in [2.45, 2.75) is 96.9 Å². The largest absolute Gasteiger partial charge is 0.494 e. The van der Waals surface area contributed by atoms with E-state index in [0.717, 1.165) is 41.0 Å². The van der Waals surface area contributed by atoms with E-state index >= 15 is 0 Å². The van der Waals surface area contributed by atoms with Gasteiger partial charge < -0.3 is 40.4 Å². The quantitative estimate of drug-likeness (QED) is 0.203. The molecule has 0 radical (unpaired) electrons. The summed E-state index contributed by atoms with van der Waals surface area (Å²) >= 11 is 0. The van der Waals surface area contributed by atoms with Gasteiger partial charge >= 0.3 is 0 Å². The molecule has 7 N–H and O–H groups in total. The third-order valence-corrected chi connectivity index (χ3v) is 7.33. The van der Waals surface area contributed by atoms with Crippen molar-refractivity contribution >= 4 is 5.91 Å². The molecule has 11 nitrogen and oxygen atoms in total. The maximum atomic E-state index is 11.5. The van der Waals surface area contributed by atoms with Crippen LogP contribution in [0.4, 0.5) is 0 Å². The Morgan fingerprint density at radius 2 is 1.90 bits per heavy atom. The average Bonchev–Trinajstić information content (AvgIpc) is 3.27. The maximum Gasteiger partial charge on any atom is 0.238 e. The number of rotatable bonds is 13. The van der Waals surface area contributed by atoms with E-state index in [1.165, 1.54) is 0 Å². The van der Waals surface area contributed by atoms with E-state index in [1.54, 1.807) is 0 Å². The standard InChI is InChI=1S/C28H43N3O8/c1-15(2)21-19(25(31-30-21)39-26-24(35)23(34)22(33)20(14-32)38-26)13-17-8-9-18(12-16(17)3)37-11-7-6-10-28(4,5)27(29)36/h8-9,12,15,20,22-24,26,32-35H,6-7,10-11,13-14H2,1-5H3,(H2,29,36)(H,30,31)/t20-,22-,23+,24-,26+/m1/s1. The normalized spacial score (nSPS) is 23.7. The summed E-state index contributed by atoms with van der Waals surface area (Å²) in [4.78, 5) is 11.5. The Bertz CT molecular complexity index is 1100. The lowest BCUT2D eigenvalue weighted by Gasteiger charge is -2.39. The van der Waals surface area contributed by atoms with Crippen LogP contribution < -0.4 is 15.2 Å². The monoisotopic (exact) mass is 549 g/mol. The van der Waals surface area contributed by atoms with Crippen molar-refractivity contribution in [2.75, 3.05) is 13.2 Å². The van der Waals surface area contributed by atoms with Crippen LogP contribution in [0.3, 0.4) is 0 Å². The molecule has 1 aromatic carbocycles. The number of aromatic amines is 1. The number of carbonyl (C=O) groups excluding carboxylic acids is 1. The number of unbranched alkanes of at least 4 members (excludes halogenated alkanes) is 1. The Labute approximate surface area is 229 Å². The third-order valence-electron chi connectivity index (χ3n) is 7.33. The minimum absolute atomic E-state index is 0.0992. The zero-order chi connectivity index (χ0) is 28.9. The number of aryl methyl sites for hydroxylation is 1. The molecule has 0 saturated carbocycles. The van der Waals surface area contributed by atoms with Crippen molar-refractivity contribution in [3.8, 4) is 11.6 Å². The molecule has 11 heteroatoms. The Morgan fingerprint density at radius 3 is 2.51 bits per heavy atom. The average molecular weight is 550 g/mol. The molecule has 1 fully saturated rings. The Morgan fingerprint density at radius 1 is 1.18 bits per heavy atom. The zero-order valence-corrected chi connectivity index (χ0v) is 23.4. The van der Waals surface area contributed by atoms with Crippen LogP contribution in [0.15, 0.2) is 18.2 Å². The molecule has 39 heavy (non-hydrogen) atoms. The number of primary amides is 1. The predicted molar refractivity (Wildman–Crippen MR) is 143 cm³/mol. The number of aliphatic hydroxyl groups excluding tert-OH is 4. The number of aromatic nitrogens is 2. The first kappa shape index (κ1) is 30.8. The van der Waals surface area contributed by atoms with Gasteiger partial charge in [0.2, 0.25) is 18.1 Å². The van der Waals surface area contributed by atoms with Crippen LogP contribution in [0.5, 0.6) is 11.6 Å². The van der Waals surface area contributed by atoms with Gasteiger partial charge in [-0.15, -0.1) is 5.10 Å². The number of amides is 1. The van der Waals surface area contributed by atoms with Crippen LogP contribution in [0.2, 0.25) is 0 Å². The topological polar surface area (TPSA) is 180 Å². The second-order valence-electron chi connectivity index (χ2n) is 11.2. The van der Waals surface area contributed by atoms with Crippen LogP contribution in [-0.4, -0.2) is 80.5 Å². The first-order valence-electron chi connectivity index (χ1n) is 13.4. The van der Waals surface area contributed by atoms with Crippen molar-refractivity contribution in [1.29, 1.82) is 0 Å². The highest BCUT2D eigenvalue weighted by atomic mass is 16.7. The van der Waals surface area contributed by atoms with Crippen molar-refractivity contribution in [2.24, 2.45) is 11.1 Å². The van der Waals surface area contributed by atoms with E-state index in [2.05, 4.69) is 10.2 Å². The number of hydrogen-bond donors (Lipinski definition) is 6. The first-order valence-corrected chi connectivity index (χ1v) is 13.4. The number of benzene rings is 1. The summed E-state index contributed by atoms with van der Waals surface area (Å²) < 4.78 is 17.3. The van der Waals surface area contributed by atoms with E-state index in [9.17, 15) is 25.2 Å². The fourth-order valence-corrected chi connectivity index (χ4v) is 4.51. The summed E-state index contributed by atoms with van der Waals surface area (Å²) in [6.45, 7) is 9.71. The zero-order valence-electron chi connectivity index (χ0n) is 23.4. The molecule has 0 unspecified atom stereocenters. The number of ether oxygens (including phenoxy) is 3. The van der Waals surface area contributed by atoms with E-state index in [0.29, 0.717) is 19.4 Å². The molecular weight excluding hydrogens is 506 g/mol. The summed E-state index contributed by atoms with van der Waals surface area (Å²) in [6.07, 6.45) is -4.12. The molecule has 2 heterocycles. The van der Waals surface area contributed by atoms with E-state index in [4.69, 9.17) is 19.9 Å². The summed E-state index contributed by atoms with van der Waals surface area (Å²) in [6, 6.07) is 5.86. The van der Waals surface area contributed by atoms with Gasteiger partial charge in [0.25, 0.3) is 0 Å². The lowest BCUT2D eigenvalue weighted by molar-refractivity contribution is -0.278. The van der Waals surface area contributed by atoms with E-state index in [1.807, 2.05) is 52.8 Å². The molecule has 0 aliphatic carbocycles. The highest BCUT2D eigenvalue weighted by molar-refractivity contribution is 5.79. The summed E-state index contributed by atoms with van der Waals surface area (Å²) in [7, 11) is 0. The third kappa shape index (κ3) is 7.49. The molecule has 3 rings (SSSR count). The summed E-state index contributed by atoms with van der Waals surface area (Å²) in [5.74, 6) is 0.762. The van der Waals surface area contributed by atoms with Gasteiger partial charge in [-0.25, -0.2) is 0 Å². The molecular formula is C28H43N3O8. The molecule has 5 atom stereocenters. The highest BCUT2D eigenvalue weighted by Gasteiger charge is 2.45. The molecule has 1 aliphatic heterocycles. The van der Waals surface area contributed by atoms with Crippen molar-refractivity contribution in [1.82, 2.24) is 10.2 Å². The van der Waals surface area contributed by atoms with Crippen molar-refractivity contribution in [3.05, 3.63) is 40.6 Å².